The third kappa shape index (κ3) is 33.0. The molecule has 1 aliphatic rings. The normalized spacial score (nSPS) is 22.6. The maximum Gasteiger partial charge on any atom is 0.472 e. The van der Waals surface area contributed by atoms with Crippen LogP contribution in [0.1, 0.15) is 129 Å². The highest BCUT2D eigenvalue weighted by Crippen LogP contribution is 2.47. The number of rotatable bonds is 38. The molecule has 1 saturated carbocycles. The lowest BCUT2D eigenvalue weighted by molar-refractivity contribution is -0.220. The quantitative estimate of drug-likeness (QED) is 0.0149. The number of esters is 1. The molecular weight excluding hydrogens is 860 g/mol. The smallest absolute Gasteiger partial charge is 0.457 e. The van der Waals surface area contributed by atoms with Gasteiger partial charge in [0.05, 0.1) is 13.2 Å². The van der Waals surface area contributed by atoms with E-state index in [0.29, 0.717) is 19.4 Å². The molecular formula is C53H83O12P. The number of hydrogen-bond acceptors (Lipinski definition) is 11. The Bertz CT molecular complexity index is 1590. The lowest BCUT2D eigenvalue weighted by Crippen LogP contribution is -2.64. The first kappa shape index (κ1) is 60.5. The predicted molar refractivity (Wildman–Crippen MR) is 266 cm³/mol. The zero-order chi connectivity index (χ0) is 48.4. The molecule has 372 valence electrons. The van der Waals surface area contributed by atoms with Crippen LogP contribution < -0.4 is 0 Å². The molecule has 13 heteroatoms. The Balaban J connectivity index is 2.48. The Kier molecular flexibility index (Phi) is 38.2. The number of aliphatic hydroxyl groups excluding tert-OH is 5. The Labute approximate surface area is 396 Å². The molecule has 0 spiro atoms. The Morgan fingerprint density at radius 3 is 1.27 bits per heavy atom. The van der Waals surface area contributed by atoms with E-state index in [0.717, 1.165) is 96.3 Å². The number of allylic oxidation sites excluding steroid dienone is 22. The third-order valence-electron chi connectivity index (χ3n) is 10.0. The average Bonchev–Trinajstić information content (AvgIpc) is 3.30. The van der Waals surface area contributed by atoms with Gasteiger partial charge in [0, 0.05) is 13.0 Å². The van der Waals surface area contributed by atoms with Crippen LogP contribution in [0.4, 0.5) is 0 Å². The van der Waals surface area contributed by atoms with Gasteiger partial charge >= 0.3 is 13.8 Å². The number of ether oxygens (including phenoxy) is 2. The van der Waals surface area contributed by atoms with Gasteiger partial charge in [-0.2, -0.15) is 0 Å². The highest BCUT2D eigenvalue weighted by atomic mass is 31.2. The fourth-order valence-corrected chi connectivity index (χ4v) is 7.26. The molecule has 1 rings (SSSR count). The summed E-state index contributed by atoms with van der Waals surface area (Å²) in [6.45, 7) is 3.86. The summed E-state index contributed by atoms with van der Waals surface area (Å²) in [7, 11) is -5.06. The van der Waals surface area contributed by atoms with Gasteiger partial charge in [0.25, 0.3) is 0 Å². The standard InChI is InChI=1S/C53H83O12P/c1-3-5-7-9-11-13-15-17-19-21-23-25-27-29-31-33-35-37-39-41-43-62-44-46(45-63-66(60,61)65-53-51(58)49(56)48(55)50(57)52(53)59)64-47(54)42-40-38-36-34-32-30-28-26-24-22-20-18-16-14-12-10-8-6-4-2/h5-8,11-14,17-20,23-26,29-32,36,38,46,48-53,55-59H,3-4,9-10,15-16,21-22,27-28,33-35,37,39-45H2,1-2H3,(H,60,61)/b7-5-,8-6-,13-11-,14-12-,19-17-,20-18-,25-23-,26-24-,31-29-,32-30-,38-36-. The summed E-state index contributed by atoms with van der Waals surface area (Å²) in [4.78, 5) is 23.2. The molecule has 6 N–H and O–H groups in total. The summed E-state index contributed by atoms with van der Waals surface area (Å²) >= 11 is 0. The maximum absolute atomic E-state index is 12.8. The van der Waals surface area contributed by atoms with Crippen molar-refractivity contribution < 1.29 is 58.3 Å². The molecule has 0 heterocycles. The predicted octanol–water partition coefficient (Wildman–Crippen LogP) is 10.4. The van der Waals surface area contributed by atoms with Gasteiger partial charge < -0.3 is 39.9 Å². The van der Waals surface area contributed by atoms with Gasteiger partial charge in [-0.3, -0.25) is 13.8 Å². The van der Waals surface area contributed by atoms with Crippen LogP contribution in [0.15, 0.2) is 134 Å². The van der Waals surface area contributed by atoms with Crippen molar-refractivity contribution in [2.45, 2.75) is 172 Å². The first-order chi connectivity index (χ1) is 32.0. The van der Waals surface area contributed by atoms with Gasteiger partial charge in [-0.05, 0) is 96.3 Å². The van der Waals surface area contributed by atoms with Gasteiger partial charge in [0.15, 0.2) is 0 Å². The van der Waals surface area contributed by atoms with E-state index in [1.807, 2.05) is 18.2 Å². The van der Waals surface area contributed by atoms with Crippen LogP contribution in [0.2, 0.25) is 0 Å². The second kappa shape index (κ2) is 41.7. The van der Waals surface area contributed by atoms with E-state index in [1.54, 1.807) is 0 Å². The van der Waals surface area contributed by atoms with E-state index < -0.39 is 63.1 Å². The van der Waals surface area contributed by atoms with Gasteiger partial charge in [-0.1, -0.05) is 160 Å². The molecule has 0 amide bonds. The zero-order valence-corrected chi connectivity index (χ0v) is 40.6. The topological polar surface area (TPSA) is 192 Å². The molecule has 0 bridgehead atoms. The van der Waals surface area contributed by atoms with Crippen LogP contribution in [-0.4, -0.2) is 98.9 Å². The molecule has 0 saturated heterocycles. The maximum atomic E-state index is 12.8. The molecule has 12 nitrogen and oxygen atoms in total. The van der Waals surface area contributed by atoms with Crippen molar-refractivity contribution in [2.24, 2.45) is 0 Å². The van der Waals surface area contributed by atoms with E-state index in [-0.39, 0.29) is 13.0 Å². The van der Waals surface area contributed by atoms with Crippen LogP contribution in [0.25, 0.3) is 0 Å². The number of hydrogen-bond donors (Lipinski definition) is 6. The summed E-state index contributed by atoms with van der Waals surface area (Å²) in [6.07, 6.45) is 49.6. The van der Waals surface area contributed by atoms with Crippen LogP contribution in [0.5, 0.6) is 0 Å². The van der Waals surface area contributed by atoms with E-state index in [4.69, 9.17) is 18.5 Å². The zero-order valence-electron chi connectivity index (χ0n) is 39.7. The van der Waals surface area contributed by atoms with Crippen LogP contribution in [-0.2, 0) is 27.9 Å². The first-order valence-electron chi connectivity index (χ1n) is 24.0. The van der Waals surface area contributed by atoms with Crippen LogP contribution in [0.3, 0.4) is 0 Å². The second-order valence-electron chi connectivity index (χ2n) is 15.8. The van der Waals surface area contributed by atoms with Gasteiger partial charge in [0.1, 0.15) is 42.7 Å². The molecule has 1 aliphatic carbocycles. The number of carbonyl (C=O) groups excluding carboxylic acids is 1. The van der Waals surface area contributed by atoms with E-state index in [1.165, 1.54) is 0 Å². The van der Waals surface area contributed by atoms with Crippen molar-refractivity contribution in [2.75, 3.05) is 19.8 Å². The molecule has 0 aromatic heterocycles. The van der Waals surface area contributed by atoms with E-state index in [9.17, 15) is 39.8 Å². The van der Waals surface area contributed by atoms with Crippen LogP contribution >= 0.6 is 7.82 Å². The summed E-state index contributed by atoms with van der Waals surface area (Å²) in [5.41, 5.74) is 0. The number of phosphoric ester groups is 1. The van der Waals surface area contributed by atoms with E-state index in [2.05, 4.69) is 129 Å². The molecule has 0 aromatic rings. The Morgan fingerprint density at radius 2 is 0.848 bits per heavy atom. The Morgan fingerprint density at radius 1 is 0.485 bits per heavy atom. The molecule has 0 aromatic carbocycles. The van der Waals surface area contributed by atoms with Crippen molar-refractivity contribution >= 4 is 13.8 Å². The average molecular weight is 943 g/mol. The highest BCUT2D eigenvalue weighted by Gasteiger charge is 2.51. The van der Waals surface area contributed by atoms with Crippen molar-refractivity contribution in [3.05, 3.63) is 134 Å². The monoisotopic (exact) mass is 943 g/mol. The SMILES string of the molecule is CC/C=C\C/C=C\C/C=C\C/C=C\C/C=C\C/C=C\CCC(=O)OC(COCCCCCC/C=C\C/C=C\C/C=C\C/C=C\C/C=C\CC)COP(=O)(O)OC1C(O)C(O)C(O)C(O)C1O. The van der Waals surface area contributed by atoms with Gasteiger partial charge in [-0.25, -0.2) is 4.57 Å². The van der Waals surface area contributed by atoms with Crippen molar-refractivity contribution in [1.29, 1.82) is 0 Å². The number of unbranched alkanes of at least 4 members (excludes halogenated alkanes) is 4. The number of phosphoric acid groups is 1. The molecule has 0 radical (unpaired) electrons. The fourth-order valence-electron chi connectivity index (χ4n) is 6.29. The highest BCUT2D eigenvalue weighted by molar-refractivity contribution is 7.47. The van der Waals surface area contributed by atoms with Gasteiger partial charge in [0.2, 0.25) is 0 Å². The lowest BCUT2D eigenvalue weighted by Gasteiger charge is -2.41. The van der Waals surface area contributed by atoms with Crippen molar-refractivity contribution in [3.8, 4) is 0 Å². The minimum atomic E-state index is -5.06. The summed E-state index contributed by atoms with van der Waals surface area (Å²) in [5, 5.41) is 50.2. The number of aliphatic hydroxyl groups is 5. The van der Waals surface area contributed by atoms with E-state index >= 15 is 0 Å². The summed E-state index contributed by atoms with van der Waals surface area (Å²) in [5.74, 6) is -0.575. The largest absolute Gasteiger partial charge is 0.472 e. The Hall–Kier alpha value is -3.52. The number of carbonyl (C=O) groups is 1. The lowest BCUT2D eigenvalue weighted by atomic mass is 9.85. The molecule has 6 unspecified atom stereocenters. The molecule has 0 aliphatic heterocycles. The minimum Gasteiger partial charge on any atom is -0.457 e. The summed E-state index contributed by atoms with van der Waals surface area (Å²) in [6, 6.07) is 0. The molecule has 1 fully saturated rings. The van der Waals surface area contributed by atoms with Crippen LogP contribution in [0, 0.1) is 0 Å². The van der Waals surface area contributed by atoms with Gasteiger partial charge in [-0.15, -0.1) is 0 Å². The molecule has 66 heavy (non-hydrogen) atoms. The first-order valence-corrected chi connectivity index (χ1v) is 25.5. The van der Waals surface area contributed by atoms with Crippen molar-refractivity contribution in [1.82, 2.24) is 0 Å². The second-order valence-corrected chi connectivity index (χ2v) is 17.2. The van der Waals surface area contributed by atoms with Crippen molar-refractivity contribution in [3.63, 3.8) is 0 Å². The summed E-state index contributed by atoms with van der Waals surface area (Å²) < 4.78 is 34.1. The molecule has 6 atom stereocenters. The third-order valence-corrected chi connectivity index (χ3v) is 11.0. The minimum absolute atomic E-state index is 0.0441. The fraction of sp³-hybridized carbons (Fsp3) is 0.566.